The maximum Gasteiger partial charge on any atom is 0.244 e. The first kappa shape index (κ1) is 13.2. The Morgan fingerprint density at radius 2 is 2.33 bits per heavy atom. The predicted molar refractivity (Wildman–Crippen MR) is 67.5 cm³/mol. The fraction of sp³-hybridized carbons (Fsp3) is 0.300. The highest BCUT2D eigenvalue weighted by molar-refractivity contribution is 7.89. The van der Waals surface area contributed by atoms with Gasteiger partial charge in [-0.3, -0.25) is 0 Å². The first-order chi connectivity index (χ1) is 8.53. The summed E-state index contributed by atoms with van der Waals surface area (Å²) in [5.74, 6) is 0.782. The molecule has 0 aromatic carbocycles. The van der Waals surface area contributed by atoms with Crippen LogP contribution in [-0.2, 0) is 23.1 Å². The topological polar surface area (TPSA) is 98.2 Å². The van der Waals surface area contributed by atoms with Crippen LogP contribution in [0.2, 0.25) is 0 Å². The van der Waals surface area contributed by atoms with Crippen molar-refractivity contribution in [3.63, 3.8) is 0 Å². The molecule has 3 N–H and O–H groups in total. The molecule has 98 valence electrons. The van der Waals surface area contributed by atoms with Crippen molar-refractivity contribution in [2.75, 3.05) is 0 Å². The zero-order chi connectivity index (χ0) is 13.2. The van der Waals surface area contributed by atoms with Crippen LogP contribution in [0.3, 0.4) is 0 Å². The molecule has 2 rings (SSSR count). The molecule has 0 amide bonds. The highest BCUT2D eigenvalue weighted by Crippen LogP contribution is 2.19. The molecule has 0 atom stereocenters. The minimum atomic E-state index is -3.59. The quantitative estimate of drug-likeness (QED) is 0.854. The number of aromatic nitrogens is 1. The summed E-state index contributed by atoms with van der Waals surface area (Å²) in [5, 5.41) is 2.50. The van der Waals surface area contributed by atoms with Gasteiger partial charge in [0.2, 0.25) is 10.0 Å². The van der Waals surface area contributed by atoms with Gasteiger partial charge in [0.15, 0.2) is 0 Å². The van der Waals surface area contributed by atoms with E-state index in [1.165, 1.54) is 17.4 Å². The summed E-state index contributed by atoms with van der Waals surface area (Å²) < 4.78 is 31.8. The Balaban J connectivity index is 2.17. The van der Waals surface area contributed by atoms with E-state index in [9.17, 15) is 8.42 Å². The van der Waals surface area contributed by atoms with Crippen molar-refractivity contribution in [1.82, 2.24) is 9.71 Å². The minimum Gasteiger partial charge on any atom is -0.464 e. The van der Waals surface area contributed by atoms with E-state index in [1.54, 1.807) is 18.5 Å². The first-order valence-electron chi connectivity index (χ1n) is 5.20. The molecule has 0 aliphatic carbocycles. The number of hydrogen-bond donors (Lipinski definition) is 2. The normalized spacial score (nSPS) is 11.9. The molecule has 0 radical (unpaired) electrons. The Labute approximate surface area is 109 Å². The number of rotatable bonds is 5. The van der Waals surface area contributed by atoms with Crippen molar-refractivity contribution in [3.05, 3.63) is 34.2 Å². The van der Waals surface area contributed by atoms with Crippen molar-refractivity contribution >= 4 is 21.4 Å². The van der Waals surface area contributed by atoms with Gasteiger partial charge in [0.05, 0.1) is 13.1 Å². The molecule has 0 saturated carbocycles. The molecule has 0 unspecified atom stereocenters. The second-order valence-corrected chi connectivity index (χ2v) is 6.30. The van der Waals surface area contributed by atoms with Gasteiger partial charge in [0, 0.05) is 17.6 Å². The van der Waals surface area contributed by atoms with Crippen LogP contribution in [0.25, 0.3) is 0 Å². The van der Waals surface area contributed by atoms with Crippen LogP contribution in [-0.4, -0.2) is 13.4 Å². The monoisotopic (exact) mass is 287 g/mol. The van der Waals surface area contributed by atoms with E-state index in [4.69, 9.17) is 10.2 Å². The van der Waals surface area contributed by atoms with Gasteiger partial charge in [0.25, 0.3) is 0 Å². The van der Waals surface area contributed by atoms with Crippen LogP contribution in [0.1, 0.15) is 16.5 Å². The molecule has 2 aromatic heterocycles. The van der Waals surface area contributed by atoms with E-state index in [1.807, 2.05) is 0 Å². The highest BCUT2D eigenvalue weighted by atomic mass is 32.2. The zero-order valence-corrected chi connectivity index (χ0v) is 11.3. The number of nitrogens with one attached hydrogen (secondary N) is 1. The Morgan fingerprint density at radius 1 is 1.56 bits per heavy atom. The van der Waals surface area contributed by atoms with Crippen molar-refractivity contribution in [2.24, 2.45) is 5.73 Å². The Hall–Kier alpha value is -1.22. The van der Waals surface area contributed by atoms with Gasteiger partial charge in [-0.25, -0.2) is 18.1 Å². The van der Waals surface area contributed by atoms with Gasteiger partial charge in [-0.1, -0.05) is 0 Å². The van der Waals surface area contributed by atoms with Gasteiger partial charge in [-0.2, -0.15) is 0 Å². The van der Waals surface area contributed by atoms with Crippen molar-refractivity contribution in [1.29, 1.82) is 0 Å². The summed E-state index contributed by atoms with van der Waals surface area (Å²) >= 11 is 1.39. The van der Waals surface area contributed by atoms with E-state index in [2.05, 4.69) is 9.71 Å². The van der Waals surface area contributed by atoms with Gasteiger partial charge in [0.1, 0.15) is 21.4 Å². The predicted octanol–water partition coefficient (Wildman–Crippen LogP) is 0.982. The lowest BCUT2D eigenvalue weighted by atomic mass is 10.4. The first-order valence-corrected chi connectivity index (χ1v) is 7.56. The zero-order valence-electron chi connectivity index (χ0n) is 9.71. The maximum absolute atomic E-state index is 12.0. The number of thiazole rings is 1. The average Bonchev–Trinajstić information content (AvgIpc) is 2.95. The number of nitrogens with zero attached hydrogens (tertiary/aromatic N) is 1. The molecule has 8 heteroatoms. The number of furan rings is 1. The molecule has 0 spiro atoms. The largest absolute Gasteiger partial charge is 0.464 e. The standard InChI is InChI=1S/C10H13N3O3S2/c1-7-9(4-8(5-11)16-7)18(14,15)13-6-10-12-2-3-17-10/h2-4,13H,5-6,11H2,1H3. The summed E-state index contributed by atoms with van der Waals surface area (Å²) in [5.41, 5.74) is 5.41. The van der Waals surface area contributed by atoms with Crippen molar-refractivity contribution in [2.45, 2.75) is 24.9 Å². The van der Waals surface area contributed by atoms with Crippen LogP contribution in [0.15, 0.2) is 27.0 Å². The summed E-state index contributed by atoms with van der Waals surface area (Å²) in [4.78, 5) is 4.13. The minimum absolute atomic E-state index is 0.125. The fourth-order valence-corrected chi connectivity index (χ4v) is 3.30. The lowest BCUT2D eigenvalue weighted by Crippen LogP contribution is -2.23. The SMILES string of the molecule is Cc1oc(CN)cc1S(=O)(=O)NCc1nccs1. The van der Waals surface area contributed by atoms with E-state index >= 15 is 0 Å². The second kappa shape index (κ2) is 5.19. The maximum atomic E-state index is 12.0. The molecule has 0 aliphatic heterocycles. The molecule has 18 heavy (non-hydrogen) atoms. The average molecular weight is 287 g/mol. The molecular formula is C10H13N3O3S2. The molecule has 0 saturated heterocycles. The molecule has 2 heterocycles. The lowest BCUT2D eigenvalue weighted by molar-refractivity contribution is 0.478. The second-order valence-electron chi connectivity index (χ2n) is 3.59. The van der Waals surface area contributed by atoms with E-state index in [0.29, 0.717) is 16.5 Å². The Morgan fingerprint density at radius 3 is 2.89 bits per heavy atom. The van der Waals surface area contributed by atoms with Gasteiger partial charge >= 0.3 is 0 Å². The molecule has 0 aliphatic rings. The van der Waals surface area contributed by atoms with E-state index in [0.717, 1.165) is 0 Å². The third-order valence-corrected chi connectivity index (χ3v) is 4.60. The third kappa shape index (κ3) is 2.78. The van der Waals surface area contributed by atoms with Crippen LogP contribution >= 0.6 is 11.3 Å². The van der Waals surface area contributed by atoms with Gasteiger partial charge in [-0.05, 0) is 6.92 Å². The summed E-state index contributed by atoms with van der Waals surface area (Å²) in [6.07, 6.45) is 1.63. The molecule has 0 fully saturated rings. The van der Waals surface area contributed by atoms with Crippen molar-refractivity contribution < 1.29 is 12.8 Å². The summed E-state index contributed by atoms with van der Waals surface area (Å²) in [7, 11) is -3.59. The molecular weight excluding hydrogens is 274 g/mol. The smallest absolute Gasteiger partial charge is 0.244 e. The number of nitrogens with two attached hydrogens (primary N) is 1. The van der Waals surface area contributed by atoms with Crippen LogP contribution in [0.5, 0.6) is 0 Å². The highest BCUT2D eigenvalue weighted by Gasteiger charge is 2.21. The number of sulfonamides is 1. The van der Waals surface area contributed by atoms with E-state index in [-0.39, 0.29) is 18.0 Å². The van der Waals surface area contributed by atoms with Crippen molar-refractivity contribution in [3.8, 4) is 0 Å². The van der Waals surface area contributed by atoms with Crippen LogP contribution < -0.4 is 10.5 Å². The summed E-state index contributed by atoms with van der Waals surface area (Å²) in [6.45, 7) is 1.93. The van der Waals surface area contributed by atoms with Gasteiger partial charge in [-0.15, -0.1) is 11.3 Å². The third-order valence-electron chi connectivity index (χ3n) is 2.31. The summed E-state index contributed by atoms with van der Waals surface area (Å²) in [6, 6.07) is 1.44. The number of aryl methyl sites for hydroxylation is 1. The van der Waals surface area contributed by atoms with E-state index < -0.39 is 10.0 Å². The Bertz CT molecular complexity index is 617. The van der Waals surface area contributed by atoms with Crippen LogP contribution in [0, 0.1) is 6.92 Å². The molecule has 2 aromatic rings. The molecule has 0 bridgehead atoms. The Kier molecular flexibility index (Phi) is 3.81. The van der Waals surface area contributed by atoms with Gasteiger partial charge < -0.3 is 10.2 Å². The fourth-order valence-electron chi connectivity index (χ4n) is 1.47. The number of hydrogen-bond acceptors (Lipinski definition) is 6. The lowest BCUT2D eigenvalue weighted by Gasteiger charge is -2.03. The van der Waals surface area contributed by atoms with Crippen LogP contribution in [0.4, 0.5) is 0 Å². The molecule has 6 nitrogen and oxygen atoms in total.